The lowest BCUT2D eigenvalue weighted by molar-refractivity contribution is 0.104. The Morgan fingerprint density at radius 3 is 2.50 bits per heavy atom. The van der Waals surface area contributed by atoms with Crippen molar-refractivity contribution in [3.05, 3.63) is 71.3 Å². The summed E-state index contributed by atoms with van der Waals surface area (Å²) in [4.78, 5) is 12.0. The van der Waals surface area contributed by atoms with E-state index in [2.05, 4.69) is 0 Å². The van der Waals surface area contributed by atoms with Crippen LogP contribution < -0.4 is 4.74 Å². The van der Waals surface area contributed by atoms with Crippen molar-refractivity contribution in [2.75, 3.05) is 7.11 Å². The maximum atomic E-state index is 13.5. The fourth-order valence-electron chi connectivity index (χ4n) is 1.78. The van der Waals surface area contributed by atoms with Gasteiger partial charge in [0.25, 0.3) is 0 Å². The van der Waals surface area contributed by atoms with Crippen LogP contribution in [-0.2, 0) is 0 Å². The van der Waals surface area contributed by atoms with E-state index in [-0.39, 0.29) is 11.3 Å². The summed E-state index contributed by atoms with van der Waals surface area (Å²) in [5.41, 5.74) is 0.675. The molecule has 0 spiro atoms. The molecule has 102 valence electrons. The average molecular weight is 274 g/mol. The van der Waals surface area contributed by atoms with Gasteiger partial charge < -0.3 is 4.74 Å². The molecule has 0 aromatic heterocycles. The van der Waals surface area contributed by atoms with Crippen LogP contribution in [0.25, 0.3) is 6.08 Å². The average Bonchev–Trinajstić information content (AvgIpc) is 2.45. The minimum atomic E-state index is -0.899. The molecule has 0 radical (unpaired) electrons. The Morgan fingerprint density at radius 1 is 1.15 bits per heavy atom. The molecule has 0 atom stereocenters. The molecule has 0 N–H and O–H groups in total. The highest BCUT2D eigenvalue weighted by atomic mass is 19.1. The van der Waals surface area contributed by atoms with Gasteiger partial charge in [-0.3, -0.25) is 4.79 Å². The Bertz CT molecular complexity index is 649. The highest BCUT2D eigenvalue weighted by Crippen LogP contribution is 2.24. The molecule has 0 amide bonds. The van der Waals surface area contributed by atoms with Crippen LogP contribution in [0.2, 0.25) is 0 Å². The number of halogens is 2. The van der Waals surface area contributed by atoms with Gasteiger partial charge in [0.2, 0.25) is 0 Å². The summed E-state index contributed by atoms with van der Waals surface area (Å²) in [5.74, 6) is -2.50. The van der Waals surface area contributed by atoms with Gasteiger partial charge in [0.1, 0.15) is 5.82 Å². The van der Waals surface area contributed by atoms with E-state index in [1.807, 2.05) is 30.3 Å². The summed E-state index contributed by atoms with van der Waals surface area (Å²) in [6.07, 6.45) is 2.83. The second kappa shape index (κ2) is 6.10. The topological polar surface area (TPSA) is 26.3 Å². The van der Waals surface area contributed by atoms with E-state index in [1.165, 1.54) is 13.2 Å². The Kier molecular flexibility index (Phi) is 4.25. The number of hydrogen-bond donors (Lipinski definition) is 0. The van der Waals surface area contributed by atoms with Gasteiger partial charge in [0.15, 0.2) is 17.3 Å². The van der Waals surface area contributed by atoms with E-state index in [9.17, 15) is 13.6 Å². The van der Waals surface area contributed by atoms with Crippen molar-refractivity contribution in [1.29, 1.82) is 0 Å². The van der Waals surface area contributed by atoms with Crippen molar-refractivity contribution < 1.29 is 18.3 Å². The van der Waals surface area contributed by atoms with E-state index >= 15 is 0 Å². The van der Waals surface area contributed by atoms with Crippen molar-refractivity contribution in [2.45, 2.75) is 0 Å². The SMILES string of the molecule is COc1c(F)cc(F)cc1C(=O)C=Cc1ccccc1. The fraction of sp³-hybridized carbons (Fsp3) is 0.0625. The van der Waals surface area contributed by atoms with Crippen LogP contribution in [0.3, 0.4) is 0 Å². The minimum absolute atomic E-state index is 0.141. The van der Waals surface area contributed by atoms with Gasteiger partial charge in [-0.2, -0.15) is 0 Å². The largest absolute Gasteiger partial charge is 0.493 e. The minimum Gasteiger partial charge on any atom is -0.493 e. The maximum absolute atomic E-state index is 13.5. The third-order valence-electron chi connectivity index (χ3n) is 2.70. The molecule has 20 heavy (non-hydrogen) atoms. The van der Waals surface area contributed by atoms with Crippen LogP contribution in [0, 0.1) is 11.6 Å². The van der Waals surface area contributed by atoms with Crippen LogP contribution in [0.4, 0.5) is 8.78 Å². The first-order valence-corrected chi connectivity index (χ1v) is 5.92. The molecule has 0 aliphatic carbocycles. The summed E-state index contributed by atoms with van der Waals surface area (Å²) in [5, 5.41) is 0. The first-order valence-electron chi connectivity index (χ1n) is 5.92. The van der Waals surface area contributed by atoms with Gasteiger partial charge in [0.05, 0.1) is 12.7 Å². The van der Waals surface area contributed by atoms with E-state index in [0.29, 0.717) is 6.07 Å². The number of carbonyl (C=O) groups is 1. The second-order valence-corrected chi connectivity index (χ2v) is 4.08. The van der Waals surface area contributed by atoms with Gasteiger partial charge in [-0.15, -0.1) is 0 Å². The predicted octanol–water partition coefficient (Wildman–Crippen LogP) is 3.87. The number of ether oxygens (including phenoxy) is 1. The molecule has 0 heterocycles. The highest BCUT2D eigenvalue weighted by molar-refractivity contribution is 6.08. The van der Waals surface area contributed by atoms with E-state index in [0.717, 1.165) is 11.6 Å². The van der Waals surface area contributed by atoms with Crippen LogP contribution in [0.5, 0.6) is 5.75 Å². The summed E-state index contributed by atoms with van der Waals surface area (Å²) >= 11 is 0. The molecule has 0 fully saturated rings. The first kappa shape index (κ1) is 13.9. The van der Waals surface area contributed by atoms with Gasteiger partial charge in [-0.05, 0) is 17.7 Å². The van der Waals surface area contributed by atoms with Gasteiger partial charge >= 0.3 is 0 Å². The molecule has 0 bridgehead atoms. The number of methoxy groups -OCH3 is 1. The van der Waals surface area contributed by atoms with Crippen LogP contribution in [-0.4, -0.2) is 12.9 Å². The van der Waals surface area contributed by atoms with Crippen molar-refractivity contribution in [3.63, 3.8) is 0 Å². The lowest BCUT2D eigenvalue weighted by Crippen LogP contribution is -2.02. The number of hydrogen-bond acceptors (Lipinski definition) is 2. The Hall–Kier alpha value is -2.49. The second-order valence-electron chi connectivity index (χ2n) is 4.08. The summed E-state index contributed by atoms with van der Waals surface area (Å²) < 4.78 is 31.5. The quantitative estimate of drug-likeness (QED) is 0.625. The molecular weight excluding hydrogens is 262 g/mol. The number of benzene rings is 2. The Morgan fingerprint density at radius 2 is 1.85 bits per heavy atom. The molecule has 2 rings (SSSR count). The lowest BCUT2D eigenvalue weighted by Gasteiger charge is -2.07. The monoisotopic (exact) mass is 274 g/mol. The summed E-state index contributed by atoms with van der Waals surface area (Å²) in [6.45, 7) is 0. The number of carbonyl (C=O) groups excluding carboxylic acids is 1. The first-order chi connectivity index (χ1) is 9.61. The lowest BCUT2D eigenvalue weighted by atomic mass is 10.1. The smallest absolute Gasteiger partial charge is 0.189 e. The Balaban J connectivity index is 2.32. The predicted molar refractivity (Wildman–Crippen MR) is 72.7 cm³/mol. The Labute approximate surface area is 115 Å². The highest BCUT2D eigenvalue weighted by Gasteiger charge is 2.16. The van der Waals surface area contributed by atoms with Gasteiger partial charge in [0, 0.05) is 6.07 Å². The van der Waals surface area contributed by atoms with Gasteiger partial charge in [-0.1, -0.05) is 36.4 Å². The molecule has 0 aliphatic heterocycles. The zero-order valence-corrected chi connectivity index (χ0v) is 10.8. The molecular formula is C16H12F2O2. The van der Waals surface area contributed by atoms with Crippen molar-refractivity contribution in [2.24, 2.45) is 0 Å². The molecule has 2 nitrogen and oxygen atoms in total. The maximum Gasteiger partial charge on any atom is 0.189 e. The van der Waals surface area contributed by atoms with Crippen molar-refractivity contribution >= 4 is 11.9 Å². The van der Waals surface area contributed by atoms with Crippen LogP contribution in [0.1, 0.15) is 15.9 Å². The number of rotatable bonds is 4. The van der Waals surface area contributed by atoms with Crippen LogP contribution in [0.15, 0.2) is 48.5 Å². The third kappa shape index (κ3) is 3.09. The molecule has 4 heteroatoms. The van der Waals surface area contributed by atoms with Gasteiger partial charge in [-0.25, -0.2) is 8.78 Å². The standard InChI is InChI=1S/C16H12F2O2/c1-20-16-13(9-12(17)10-14(16)18)15(19)8-7-11-5-3-2-4-6-11/h2-10H,1H3. The molecule has 0 unspecified atom stereocenters. The fourth-order valence-corrected chi connectivity index (χ4v) is 1.78. The summed E-state index contributed by atoms with van der Waals surface area (Å²) in [6, 6.07) is 10.8. The zero-order chi connectivity index (χ0) is 14.5. The normalized spacial score (nSPS) is 10.8. The van der Waals surface area contributed by atoms with E-state index < -0.39 is 17.4 Å². The van der Waals surface area contributed by atoms with Crippen molar-refractivity contribution in [1.82, 2.24) is 0 Å². The molecule has 0 saturated carbocycles. The van der Waals surface area contributed by atoms with E-state index in [1.54, 1.807) is 6.08 Å². The molecule has 0 aliphatic rings. The number of ketones is 1. The van der Waals surface area contributed by atoms with E-state index in [4.69, 9.17) is 4.74 Å². The van der Waals surface area contributed by atoms with Crippen molar-refractivity contribution in [3.8, 4) is 5.75 Å². The summed E-state index contributed by atoms with van der Waals surface area (Å²) in [7, 11) is 1.23. The molecule has 2 aromatic carbocycles. The zero-order valence-electron chi connectivity index (χ0n) is 10.8. The number of allylic oxidation sites excluding steroid dienone is 1. The third-order valence-corrected chi connectivity index (χ3v) is 2.70. The van der Waals surface area contributed by atoms with Crippen LogP contribution >= 0.6 is 0 Å². The molecule has 2 aromatic rings. The molecule has 0 saturated heterocycles.